The molecule has 1 heterocycles. The van der Waals surface area contributed by atoms with Crippen molar-refractivity contribution in [3.63, 3.8) is 0 Å². The van der Waals surface area contributed by atoms with Crippen LogP contribution in [0.4, 0.5) is 5.82 Å². The standard InChI is InChI=1S/C9H15N3/c1-5-6(2)8-7(3)11-12(4)9(8)10/h5H,10H2,1-4H3/b6-5-. The number of rotatable bonds is 1. The van der Waals surface area contributed by atoms with Crippen LogP contribution >= 0.6 is 0 Å². The molecule has 0 aromatic carbocycles. The first-order valence-electron chi connectivity index (χ1n) is 4.00. The highest BCUT2D eigenvalue weighted by molar-refractivity contribution is 5.73. The molecule has 0 saturated heterocycles. The number of aromatic nitrogens is 2. The van der Waals surface area contributed by atoms with Gasteiger partial charge in [-0.1, -0.05) is 6.08 Å². The largest absolute Gasteiger partial charge is 0.383 e. The zero-order chi connectivity index (χ0) is 9.30. The number of hydrogen-bond acceptors (Lipinski definition) is 2. The summed E-state index contributed by atoms with van der Waals surface area (Å²) in [6, 6.07) is 0. The van der Waals surface area contributed by atoms with Crippen molar-refractivity contribution in [3.8, 4) is 0 Å². The highest BCUT2D eigenvalue weighted by Gasteiger charge is 2.10. The van der Waals surface area contributed by atoms with Crippen LogP contribution in [-0.4, -0.2) is 9.78 Å². The van der Waals surface area contributed by atoms with E-state index in [0.717, 1.165) is 17.1 Å². The average Bonchev–Trinajstić information content (AvgIpc) is 2.26. The number of nitrogens with zero attached hydrogens (tertiary/aromatic N) is 2. The van der Waals surface area contributed by atoms with E-state index in [0.29, 0.717) is 0 Å². The summed E-state index contributed by atoms with van der Waals surface area (Å²) in [7, 11) is 1.86. The predicted octanol–water partition coefficient (Wildman–Crippen LogP) is 1.73. The number of anilines is 1. The molecule has 0 radical (unpaired) electrons. The molecule has 1 rings (SSSR count). The van der Waals surface area contributed by atoms with Crippen LogP contribution in [0.2, 0.25) is 0 Å². The topological polar surface area (TPSA) is 43.8 Å². The molecule has 0 aliphatic carbocycles. The third-order valence-corrected chi connectivity index (χ3v) is 2.09. The number of aryl methyl sites for hydroxylation is 2. The summed E-state index contributed by atoms with van der Waals surface area (Å²) in [4.78, 5) is 0. The summed E-state index contributed by atoms with van der Waals surface area (Å²) in [6.07, 6.45) is 2.04. The maximum Gasteiger partial charge on any atom is 0.129 e. The van der Waals surface area contributed by atoms with Gasteiger partial charge in [-0.05, 0) is 26.3 Å². The fourth-order valence-electron chi connectivity index (χ4n) is 1.31. The molecule has 0 atom stereocenters. The van der Waals surface area contributed by atoms with Gasteiger partial charge in [0, 0.05) is 12.6 Å². The van der Waals surface area contributed by atoms with E-state index in [1.807, 2.05) is 33.9 Å². The molecule has 0 amide bonds. The van der Waals surface area contributed by atoms with E-state index in [2.05, 4.69) is 5.10 Å². The molecule has 1 aromatic heterocycles. The van der Waals surface area contributed by atoms with Crippen molar-refractivity contribution in [2.24, 2.45) is 7.05 Å². The van der Waals surface area contributed by atoms with Gasteiger partial charge in [0.25, 0.3) is 0 Å². The summed E-state index contributed by atoms with van der Waals surface area (Å²) >= 11 is 0. The highest BCUT2D eigenvalue weighted by atomic mass is 15.3. The van der Waals surface area contributed by atoms with Crippen LogP contribution in [0.15, 0.2) is 6.08 Å². The smallest absolute Gasteiger partial charge is 0.129 e. The second-order valence-corrected chi connectivity index (χ2v) is 2.94. The van der Waals surface area contributed by atoms with Crippen molar-refractivity contribution in [2.45, 2.75) is 20.8 Å². The predicted molar refractivity (Wildman–Crippen MR) is 51.7 cm³/mol. The third kappa shape index (κ3) is 1.22. The lowest BCUT2D eigenvalue weighted by Crippen LogP contribution is -1.98. The van der Waals surface area contributed by atoms with Crippen LogP contribution in [0, 0.1) is 6.92 Å². The monoisotopic (exact) mass is 165 g/mol. The second-order valence-electron chi connectivity index (χ2n) is 2.94. The zero-order valence-electron chi connectivity index (χ0n) is 8.05. The van der Waals surface area contributed by atoms with E-state index < -0.39 is 0 Å². The van der Waals surface area contributed by atoms with E-state index in [1.165, 1.54) is 5.57 Å². The minimum Gasteiger partial charge on any atom is -0.383 e. The minimum absolute atomic E-state index is 0.739. The molecule has 0 bridgehead atoms. The Morgan fingerprint density at radius 2 is 2.17 bits per heavy atom. The molecule has 0 aliphatic heterocycles. The van der Waals surface area contributed by atoms with Crippen molar-refractivity contribution >= 4 is 11.4 Å². The van der Waals surface area contributed by atoms with Crippen molar-refractivity contribution in [2.75, 3.05) is 5.73 Å². The van der Waals surface area contributed by atoms with Gasteiger partial charge in [-0.2, -0.15) is 5.10 Å². The Morgan fingerprint density at radius 3 is 2.50 bits per heavy atom. The Labute approximate surface area is 72.9 Å². The molecule has 0 fully saturated rings. The van der Waals surface area contributed by atoms with Gasteiger partial charge in [-0.3, -0.25) is 4.68 Å². The molecule has 2 N–H and O–H groups in total. The summed E-state index contributed by atoms with van der Waals surface area (Å²) in [5.41, 5.74) is 9.08. The average molecular weight is 165 g/mol. The molecule has 12 heavy (non-hydrogen) atoms. The number of nitrogens with two attached hydrogens (primary N) is 1. The summed E-state index contributed by atoms with van der Waals surface area (Å²) < 4.78 is 1.71. The quantitative estimate of drug-likeness (QED) is 0.688. The summed E-state index contributed by atoms with van der Waals surface area (Å²) in [5, 5.41) is 4.23. The first-order valence-corrected chi connectivity index (χ1v) is 4.00. The Morgan fingerprint density at radius 1 is 1.58 bits per heavy atom. The maximum absolute atomic E-state index is 5.84. The Hall–Kier alpha value is -1.25. The zero-order valence-corrected chi connectivity index (χ0v) is 8.05. The van der Waals surface area contributed by atoms with E-state index in [1.54, 1.807) is 4.68 Å². The van der Waals surface area contributed by atoms with Gasteiger partial charge < -0.3 is 5.73 Å². The van der Waals surface area contributed by atoms with Crippen molar-refractivity contribution in [1.82, 2.24) is 9.78 Å². The SMILES string of the molecule is C/C=C(/C)c1c(C)nn(C)c1N. The molecule has 66 valence electrons. The molecule has 0 aliphatic rings. The van der Waals surface area contributed by atoms with Gasteiger partial charge in [-0.15, -0.1) is 0 Å². The van der Waals surface area contributed by atoms with Crippen molar-refractivity contribution < 1.29 is 0 Å². The van der Waals surface area contributed by atoms with Gasteiger partial charge in [0.05, 0.1) is 5.69 Å². The Bertz CT molecular complexity index is 321. The molecular formula is C9H15N3. The maximum atomic E-state index is 5.84. The van der Waals surface area contributed by atoms with Crippen LogP contribution in [-0.2, 0) is 7.05 Å². The Kier molecular flexibility index (Phi) is 2.22. The van der Waals surface area contributed by atoms with Crippen LogP contribution in [0.1, 0.15) is 25.1 Å². The van der Waals surface area contributed by atoms with Gasteiger partial charge >= 0.3 is 0 Å². The molecule has 3 nitrogen and oxygen atoms in total. The van der Waals surface area contributed by atoms with E-state index in [4.69, 9.17) is 5.73 Å². The lowest BCUT2D eigenvalue weighted by Gasteiger charge is -1.99. The van der Waals surface area contributed by atoms with Crippen LogP contribution < -0.4 is 5.73 Å². The van der Waals surface area contributed by atoms with E-state index >= 15 is 0 Å². The molecular weight excluding hydrogens is 150 g/mol. The van der Waals surface area contributed by atoms with Gasteiger partial charge in [0.15, 0.2) is 0 Å². The van der Waals surface area contributed by atoms with Gasteiger partial charge in [0.2, 0.25) is 0 Å². The van der Waals surface area contributed by atoms with E-state index in [9.17, 15) is 0 Å². The van der Waals surface area contributed by atoms with Crippen LogP contribution in [0.3, 0.4) is 0 Å². The first kappa shape index (κ1) is 8.84. The first-order chi connectivity index (χ1) is 5.57. The number of nitrogen functional groups attached to an aromatic ring is 1. The fraction of sp³-hybridized carbons (Fsp3) is 0.444. The molecule has 3 heteroatoms. The second kappa shape index (κ2) is 3.01. The normalized spacial score (nSPS) is 12.2. The molecule has 1 aromatic rings. The number of allylic oxidation sites excluding steroid dienone is 2. The third-order valence-electron chi connectivity index (χ3n) is 2.09. The number of hydrogen-bond donors (Lipinski definition) is 1. The van der Waals surface area contributed by atoms with E-state index in [-0.39, 0.29) is 0 Å². The van der Waals surface area contributed by atoms with Crippen LogP contribution in [0.25, 0.3) is 5.57 Å². The minimum atomic E-state index is 0.739. The highest BCUT2D eigenvalue weighted by Crippen LogP contribution is 2.23. The fourth-order valence-corrected chi connectivity index (χ4v) is 1.31. The molecule has 0 spiro atoms. The van der Waals surface area contributed by atoms with Crippen molar-refractivity contribution in [3.05, 3.63) is 17.3 Å². The lowest BCUT2D eigenvalue weighted by atomic mass is 10.1. The lowest BCUT2D eigenvalue weighted by molar-refractivity contribution is 0.767. The molecule has 0 unspecified atom stereocenters. The Balaban J connectivity index is 3.32. The summed E-state index contributed by atoms with van der Waals surface area (Å²) in [6.45, 7) is 6.01. The van der Waals surface area contributed by atoms with Crippen molar-refractivity contribution in [1.29, 1.82) is 0 Å². The summed E-state index contributed by atoms with van der Waals surface area (Å²) in [5.74, 6) is 0.739. The molecule has 0 saturated carbocycles. The van der Waals surface area contributed by atoms with Gasteiger partial charge in [-0.25, -0.2) is 0 Å². The van der Waals surface area contributed by atoms with Gasteiger partial charge in [0.1, 0.15) is 5.82 Å². The van der Waals surface area contributed by atoms with Crippen LogP contribution in [0.5, 0.6) is 0 Å².